The summed E-state index contributed by atoms with van der Waals surface area (Å²) in [6.45, 7) is 7.68. The molecular weight excluding hydrogens is 240 g/mol. The van der Waals surface area contributed by atoms with Crippen molar-refractivity contribution in [2.75, 3.05) is 6.61 Å². The van der Waals surface area contributed by atoms with Crippen molar-refractivity contribution in [3.05, 3.63) is 0 Å². The van der Waals surface area contributed by atoms with Crippen molar-refractivity contribution in [1.82, 2.24) is 0 Å². The minimum atomic E-state index is -0.765. The number of hydrogen-bond donors (Lipinski definition) is 1. The van der Waals surface area contributed by atoms with Crippen LogP contribution in [0.5, 0.6) is 0 Å². The van der Waals surface area contributed by atoms with E-state index in [2.05, 4.69) is 0 Å². The maximum Gasteiger partial charge on any atom is 0.190 e. The second-order valence-corrected chi connectivity index (χ2v) is 5.93. The number of hydrogen-bond acceptors (Lipinski definition) is 6. The highest BCUT2D eigenvalue weighted by Gasteiger charge is 2.57. The van der Waals surface area contributed by atoms with E-state index in [1.807, 2.05) is 13.8 Å². The van der Waals surface area contributed by atoms with Crippen LogP contribution in [0, 0.1) is 0 Å². The Morgan fingerprint density at radius 1 is 0.944 bits per heavy atom. The van der Waals surface area contributed by atoms with Gasteiger partial charge in [-0.3, -0.25) is 0 Å². The summed E-state index contributed by atoms with van der Waals surface area (Å²) in [5, 5.41) is 10.3. The zero-order valence-electron chi connectivity index (χ0n) is 11.1. The molecule has 6 heteroatoms. The van der Waals surface area contributed by atoms with Gasteiger partial charge in [-0.05, 0) is 27.7 Å². The van der Waals surface area contributed by atoms with Gasteiger partial charge in [-0.1, -0.05) is 0 Å². The van der Waals surface area contributed by atoms with Crippen LogP contribution in [0.15, 0.2) is 0 Å². The van der Waals surface area contributed by atoms with Crippen molar-refractivity contribution in [2.45, 2.75) is 70.0 Å². The molecule has 3 aliphatic heterocycles. The van der Waals surface area contributed by atoms with Crippen molar-refractivity contribution in [3.63, 3.8) is 0 Å². The Morgan fingerprint density at radius 3 is 2.22 bits per heavy atom. The first-order valence-corrected chi connectivity index (χ1v) is 6.28. The third-order valence-corrected chi connectivity index (χ3v) is 3.45. The van der Waals surface area contributed by atoms with E-state index in [0.717, 1.165) is 0 Å². The second kappa shape index (κ2) is 3.88. The first-order valence-electron chi connectivity index (χ1n) is 6.28. The first-order chi connectivity index (χ1) is 8.27. The van der Waals surface area contributed by atoms with Crippen molar-refractivity contribution in [3.8, 4) is 0 Å². The van der Waals surface area contributed by atoms with Crippen LogP contribution in [0.1, 0.15) is 27.7 Å². The zero-order chi connectivity index (χ0) is 13.1. The molecule has 1 N–H and O–H groups in total. The number of aliphatic hydroxyl groups is 1. The normalized spacial score (nSPS) is 49.5. The molecule has 5 atom stereocenters. The van der Waals surface area contributed by atoms with Gasteiger partial charge < -0.3 is 28.8 Å². The molecule has 0 bridgehead atoms. The van der Waals surface area contributed by atoms with Gasteiger partial charge >= 0.3 is 0 Å². The van der Waals surface area contributed by atoms with Crippen LogP contribution in [0.3, 0.4) is 0 Å². The average molecular weight is 260 g/mol. The molecule has 0 aromatic carbocycles. The molecule has 0 radical (unpaired) electrons. The van der Waals surface area contributed by atoms with Crippen LogP contribution < -0.4 is 0 Å². The molecule has 0 aromatic rings. The molecule has 0 saturated carbocycles. The van der Waals surface area contributed by atoms with Gasteiger partial charge in [-0.2, -0.15) is 0 Å². The zero-order valence-corrected chi connectivity index (χ0v) is 11.1. The van der Waals surface area contributed by atoms with Gasteiger partial charge in [-0.25, -0.2) is 0 Å². The molecule has 3 heterocycles. The van der Waals surface area contributed by atoms with Crippen molar-refractivity contribution >= 4 is 0 Å². The van der Waals surface area contributed by atoms with Crippen LogP contribution in [0.25, 0.3) is 0 Å². The summed E-state index contributed by atoms with van der Waals surface area (Å²) in [6, 6.07) is 0. The van der Waals surface area contributed by atoms with Crippen LogP contribution in [-0.4, -0.2) is 54.0 Å². The van der Waals surface area contributed by atoms with E-state index in [0.29, 0.717) is 6.61 Å². The van der Waals surface area contributed by atoms with E-state index in [4.69, 9.17) is 23.7 Å². The Morgan fingerprint density at radius 2 is 1.67 bits per heavy atom. The molecule has 3 fully saturated rings. The summed E-state index contributed by atoms with van der Waals surface area (Å²) in [5.41, 5.74) is 0. The Labute approximate surface area is 106 Å². The minimum absolute atomic E-state index is 0.295. The summed E-state index contributed by atoms with van der Waals surface area (Å²) in [4.78, 5) is 0. The lowest BCUT2D eigenvalue weighted by atomic mass is 10.1. The molecular formula is C12H20O6. The van der Waals surface area contributed by atoms with Crippen LogP contribution in [0.2, 0.25) is 0 Å². The lowest BCUT2D eigenvalue weighted by Crippen LogP contribution is -2.42. The predicted molar refractivity (Wildman–Crippen MR) is 59.6 cm³/mol. The average Bonchev–Trinajstić information content (AvgIpc) is 2.81. The second-order valence-electron chi connectivity index (χ2n) is 5.93. The molecule has 6 nitrogen and oxygen atoms in total. The summed E-state index contributed by atoms with van der Waals surface area (Å²) < 4.78 is 28.1. The van der Waals surface area contributed by atoms with Crippen molar-refractivity contribution in [2.24, 2.45) is 0 Å². The Kier molecular flexibility index (Phi) is 2.75. The van der Waals surface area contributed by atoms with Gasteiger partial charge in [0.25, 0.3) is 0 Å². The molecule has 0 amide bonds. The number of ether oxygens (including phenoxy) is 5. The number of fused-ring (bicyclic) bond motifs is 1. The third kappa shape index (κ3) is 2.07. The van der Waals surface area contributed by atoms with Crippen LogP contribution in [-0.2, 0) is 23.7 Å². The summed E-state index contributed by atoms with van der Waals surface area (Å²) in [7, 11) is 0. The quantitative estimate of drug-likeness (QED) is 0.735. The lowest BCUT2D eigenvalue weighted by Gasteiger charge is -2.26. The van der Waals surface area contributed by atoms with Crippen LogP contribution >= 0.6 is 0 Å². The molecule has 0 spiro atoms. The SMILES string of the molecule is CC1(C)OC[C@@H](C2OC3OC(C)(C)O[C@@H]3[C@H]2O)O1. The molecule has 104 valence electrons. The summed E-state index contributed by atoms with van der Waals surface area (Å²) in [6.07, 6.45) is -2.53. The van der Waals surface area contributed by atoms with E-state index in [9.17, 15) is 5.11 Å². The largest absolute Gasteiger partial charge is 0.387 e. The Hall–Kier alpha value is -0.240. The fraction of sp³-hybridized carbons (Fsp3) is 1.00. The van der Waals surface area contributed by atoms with Gasteiger partial charge in [-0.15, -0.1) is 0 Å². The van der Waals surface area contributed by atoms with Gasteiger partial charge in [0.1, 0.15) is 24.4 Å². The minimum Gasteiger partial charge on any atom is -0.387 e. The highest BCUT2D eigenvalue weighted by molar-refractivity contribution is 4.97. The monoisotopic (exact) mass is 260 g/mol. The Balaban J connectivity index is 1.68. The van der Waals surface area contributed by atoms with E-state index in [-0.39, 0.29) is 6.10 Å². The maximum absolute atomic E-state index is 10.3. The lowest BCUT2D eigenvalue weighted by molar-refractivity contribution is -0.232. The molecule has 0 aliphatic carbocycles. The topological polar surface area (TPSA) is 66.4 Å². The summed E-state index contributed by atoms with van der Waals surface area (Å²) >= 11 is 0. The maximum atomic E-state index is 10.3. The smallest absolute Gasteiger partial charge is 0.190 e. The fourth-order valence-corrected chi connectivity index (χ4v) is 2.70. The van der Waals surface area contributed by atoms with Gasteiger partial charge in [0.2, 0.25) is 0 Å². The van der Waals surface area contributed by atoms with E-state index >= 15 is 0 Å². The van der Waals surface area contributed by atoms with Gasteiger partial charge in [0, 0.05) is 0 Å². The number of aliphatic hydroxyl groups excluding tert-OH is 1. The van der Waals surface area contributed by atoms with Crippen molar-refractivity contribution in [1.29, 1.82) is 0 Å². The van der Waals surface area contributed by atoms with Gasteiger partial charge in [0.05, 0.1) is 6.61 Å². The summed E-state index contributed by atoms with van der Waals surface area (Å²) in [5.74, 6) is -1.35. The van der Waals surface area contributed by atoms with Crippen molar-refractivity contribution < 1.29 is 28.8 Å². The highest BCUT2D eigenvalue weighted by atomic mass is 16.8. The molecule has 3 saturated heterocycles. The van der Waals surface area contributed by atoms with E-state index in [1.165, 1.54) is 0 Å². The fourth-order valence-electron chi connectivity index (χ4n) is 2.70. The highest BCUT2D eigenvalue weighted by Crippen LogP contribution is 2.40. The predicted octanol–water partition coefficient (Wildman–Crippen LogP) is 0.375. The van der Waals surface area contributed by atoms with E-state index < -0.39 is 36.2 Å². The third-order valence-electron chi connectivity index (χ3n) is 3.45. The Bertz CT molecular complexity index is 341. The molecule has 18 heavy (non-hydrogen) atoms. The standard InChI is InChI=1S/C12H20O6/c1-11(2)14-5-6(16-11)8-7(13)9-10(15-8)18-12(3,4)17-9/h6-10,13H,5H2,1-4H3/t6-,7-,8?,9+,10?/m0/s1. The molecule has 3 aliphatic rings. The number of rotatable bonds is 1. The van der Waals surface area contributed by atoms with Gasteiger partial charge in [0.15, 0.2) is 17.9 Å². The first kappa shape index (κ1) is 12.8. The molecule has 3 rings (SSSR count). The van der Waals surface area contributed by atoms with E-state index in [1.54, 1.807) is 13.8 Å². The van der Waals surface area contributed by atoms with Crippen LogP contribution in [0.4, 0.5) is 0 Å². The molecule has 0 aromatic heterocycles. The molecule has 2 unspecified atom stereocenters.